The highest BCUT2D eigenvalue weighted by Gasteiger charge is 2.19. The Hall–Kier alpha value is -3.65. The van der Waals surface area contributed by atoms with E-state index in [9.17, 15) is 4.79 Å². The topological polar surface area (TPSA) is 73.1 Å². The lowest BCUT2D eigenvalue weighted by Gasteiger charge is -2.19. The number of aromatic nitrogens is 4. The lowest BCUT2D eigenvalue weighted by Crippen LogP contribution is -2.28. The van der Waals surface area contributed by atoms with E-state index in [1.54, 1.807) is 24.4 Å². The number of amides is 1. The maximum atomic E-state index is 12.9. The van der Waals surface area contributed by atoms with Crippen molar-refractivity contribution in [3.63, 3.8) is 0 Å². The molecule has 2 aromatic heterocycles. The van der Waals surface area contributed by atoms with Crippen LogP contribution in [0.25, 0.3) is 17.1 Å². The number of thioether (sulfide) groups is 1. The van der Waals surface area contributed by atoms with Gasteiger partial charge in [-0.15, -0.1) is 10.2 Å². The highest BCUT2D eigenvalue weighted by atomic mass is 32.2. The number of methoxy groups -OCH3 is 1. The highest BCUT2D eigenvalue weighted by molar-refractivity contribution is 7.99. The zero-order valence-electron chi connectivity index (χ0n) is 19.7. The van der Waals surface area contributed by atoms with Crippen LogP contribution in [-0.2, 0) is 11.3 Å². The van der Waals surface area contributed by atoms with Gasteiger partial charge in [0.25, 0.3) is 0 Å². The summed E-state index contributed by atoms with van der Waals surface area (Å²) in [5.74, 6) is 1.73. The Balaban J connectivity index is 1.55. The van der Waals surface area contributed by atoms with Crippen LogP contribution in [0.1, 0.15) is 16.7 Å². The summed E-state index contributed by atoms with van der Waals surface area (Å²) in [5, 5.41) is 9.47. The van der Waals surface area contributed by atoms with Gasteiger partial charge in [0.2, 0.25) is 5.91 Å². The number of carbonyl (C=O) groups is 1. The van der Waals surface area contributed by atoms with Gasteiger partial charge in [-0.1, -0.05) is 35.5 Å². The van der Waals surface area contributed by atoms with Gasteiger partial charge in [-0.2, -0.15) is 0 Å². The number of carbonyl (C=O) groups excluding carboxylic acids is 1. The number of rotatable bonds is 8. The van der Waals surface area contributed by atoms with Crippen LogP contribution in [0.15, 0.2) is 72.1 Å². The van der Waals surface area contributed by atoms with Crippen molar-refractivity contribution in [1.29, 1.82) is 0 Å². The summed E-state index contributed by atoms with van der Waals surface area (Å²) in [4.78, 5) is 18.8. The summed E-state index contributed by atoms with van der Waals surface area (Å²) in [5.41, 5.74) is 5.33. The van der Waals surface area contributed by atoms with Crippen LogP contribution >= 0.6 is 11.8 Å². The molecule has 1 amide bonds. The molecule has 0 unspecified atom stereocenters. The highest BCUT2D eigenvalue weighted by Crippen LogP contribution is 2.29. The number of pyridine rings is 1. The van der Waals surface area contributed by atoms with Crippen molar-refractivity contribution < 1.29 is 9.53 Å². The van der Waals surface area contributed by atoms with E-state index in [-0.39, 0.29) is 11.7 Å². The monoisotopic (exact) mass is 473 g/mol. The van der Waals surface area contributed by atoms with Crippen molar-refractivity contribution in [1.82, 2.24) is 24.6 Å². The van der Waals surface area contributed by atoms with E-state index in [2.05, 4.69) is 47.2 Å². The second-order valence-electron chi connectivity index (χ2n) is 8.04. The standard InChI is InChI=1S/C26H27N5O2S/c1-18-5-6-21(19(2)15-18)16-30(3)24(32)17-34-26-29-28-25(20-11-13-27-14-12-20)31(26)22-7-9-23(33-4)10-8-22/h5-15H,16-17H2,1-4H3. The number of aryl methyl sites for hydroxylation is 2. The SMILES string of the molecule is COc1ccc(-n2c(SCC(=O)N(C)Cc3ccc(C)cc3C)nnc2-c2ccncc2)cc1. The third-order valence-electron chi connectivity index (χ3n) is 5.56. The molecule has 0 aliphatic heterocycles. The van der Waals surface area contributed by atoms with Gasteiger partial charge in [0.15, 0.2) is 11.0 Å². The molecule has 0 aliphatic carbocycles. The number of hydrogen-bond acceptors (Lipinski definition) is 6. The zero-order chi connectivity index (χ0) is 24.1. The largest absolute Gasteiger partial charge is 0.497 e. The van der Waals surface area contributed by atoms with Crippen LogP contribution in [0.2, 0.25) is 0 Å². The molecule has 0 saturated carbocycles. The summed E-state index contributed by atoms with van der Waals surface area (Å²) in [6.45, 7) is 4.72. The molecule has 4 rings (SSSR count). The van der Waals surface area contributed by atoms with Gasteiger partial charge in [0.1, 0.15) is 5.75 Å². The average Bonchev–Trinajstić information content (AvgIpc) is 3.28. The smallest absolute Gasteiger partial charge is 0.233 e. The van der Waals surface area contributed by atoms with Gasteiger partial charge < -0.3 is 9.64 Å². The Morgan fingerprint density at radius 1 is 1.03 bits per heavy atom. The second-order valence-corrected chi connectivity index (χ2v) is 8.99. The van der Waals surface area contributed by atoms with Crippen molar-refractivity contribution in [2.24, 2.45) is 0 Å². The van der Waals surface area contributed by atoms with E-state index in [0.29, 0.717) is 17.5 Å². The Morgan fingerprint density at radius 2 is 1.76 bits per heavy atom. The molecule has 2 heterocycles. The van der Waals surface area contributed by atoms with Crippen molar-refractivity contribution in [3.05, 3.63) is 83.7 Å². The summed E-state index contributed by atoms with van der Waals surface area (Å²) in [6.07, 6.45) is 3.45. The van der Waals surface area contributed by atoms with Crippen molar-refractivity contribution >= 4 is 17.7 Å². The first-order chi connectivity index (χ1) is 16.5. The first-order valence-corrected chi connectivity index (χ1v) is 11.9. The molecule has 0 bridgehead atoms. The van der Waals surface area contributed by atoms with E-state index >= 15 is 0 Å². The quantitative estimate of drug-likeness (QED) is 0.345. The lowest BCUT2D eigenvalue weighted by molar-refractivity contribution is -0.127. The minimum atomic E-state index is 0.0275. The molecule has 0 aliphatic rings. The Bertz CT molecular complexity index is 1270. The third-order valence-corrected chi connectivity index (χ3v) is 6.47. The molecule has 0 saturated heterocycles. The van der Waals surface area contributed by atoms with Crippen LogP contribution in [0.4, 0.5) is 0 Å². The maximum Gasteiger partial charge on any atom is 0.233 e. The van der Waals surface area contributed by atoms with Crippen LogP contribution in [-0.4, -0.2) is 50.5 Å². The molecule has 8 heteroatoms. The Labute approximate surface area is 203 Å². The van der Waals surface area contributed by atoms with Crippen molar-refractivity contribution in [2.45, 2.75) is 25.5 Å². The Morgan fingerprint density at radius 3 is 2.44 bits per heavy atom. The first-order valence-electron chi connectivity index (χ1n) is 10.9. The fraction of sp³-hybridized carbons (Fsp3) is 0.231. The van der Waals surface area contributed by atoms with Gasteiger partial charge in [0.05, 0.1) is 12.9 Å². The fourth-order valence-electron chi connectivity index (χ4n) is 3.62. The fourth-order valence-corrected chi connectivity index (χ4v) is 4.51. The average molecular weight is 474 g/mol. The summed E-state index contributed by atoms with van der Waals surface area (Å²) in [6, 6.07) is 17.8. The lowest BCUT2D eigenvalue weighted by atomic mass is 10.1. The minimum Gasteiger partial charge on any atom is -0.497 e. The zero-order valence-corrected chi connectivity index (χ0v) is 20.5. The third kappa shape index (κ3) is 5.28. The molecular formula is C26H27N5O2S. The molecule has 0 N–H and O–H groups in total. The minimum absolute atomic E-state index is 0.0275. The van der Waals surface area contributed by atoms with E-state index in [0.717, 1.165) is 22.6 Å². The summed E-state index contributed by atoms with van der Waals surface area (Å²) in [7, 11) is 3.47. The molecule has 2 aromatic carbocycles. The summed E-state index contributed by atoms with van der Waals surface area (Å²) >= 11 is 1.37. The second kappa shape index (κ2) is 10.5. The molecule has 7 nitrogen and oxygen atoms in total. The molecule has 0 radical (unpaired) electrons. The van der Waals surface area contributed by atoms with Gasteiger partial charge in [0, 0.05) is 37.2 Å². The maximum absolute atomic E-state index is 12.9. The van der Waals surface area contributed by atoms with Gasteiger partial charge in [-0.25, -0.2) is 0 Å². The molecule has 34 heavy (non-hydrogen) atoms. The van der Waals surface area contributed by atoms with Crippen LogP contribution in [0.3, 0.4) is 0 Å². The normalized spacial score (nSPS) is 10.8. The molecule has 0 atom stereocenters. The molecule has 0 spiro atoms. The number of hydrogen-bond donors (Lipinski definition) is 0. The van der Waals surface area contributed by atoms with Gasteiger partial charge in [-0.3, -0.25) is 14.3 Å². The van der Waals surface area contributed by atoms with Crippen LogP contribution in [0, 0.1) is 13.8 Å². The van der Waals surface area contributed by atoms with E-state index in [1.807, 2.05) is 48.0 Å². The number of nitrogens with zero attached hydrogens (tertiary/aromatic N) is 5. The van der Waals surface area contributed by atoms with E-state index < -0.39 is 0 Å². The van der Waals surface area contributed by atoms with Crippen LogP contribution < -0.4 is 4.74 Å². The predicted octanol–water partition coefficient (Wildman–Crippen LogP) is 4.71. The number of ether oxygens (including phenoxy) is 1. The van der Waals surface area contributed by atoms with E-state index in [1.165, 1.54) is 22.9 Å². The Kier molecular flexibility index (Phi) is 7.27. The molecule has 4 aromatic rings. The predicted molar refractivity (Wildman–Crippen MR) is 134 cm³/mol. The first kappa shape index (κ1) is 23.5. The summed E-state index contributed by atoms with van der Waals surface area (Å²) < 4.78 is 7.25. The van der Waals surface area contributed by atoms with Gasteiger partial charge in [-0.05, 0) is 61.4 Å². The van der Waals surface area contributed by atoms with Gasteiger partial charge >= 0.3 is 0 Å². The molecular weight excluding hydrogens is 446 g/mol. The molecule has 0 fully saturated rings. The van der Waals surface area contributed by atoms with Crippen LogP contribution in [0.5, 0.6) is 5.75 Å². The van der Waals surface area contributed by atoms with Crippen molar-refractivity contribution in [3.8, 4) is 22.8 Å². The number of benzene rings is 2. The van der Waals surface area contributed by atoms with E-state index in [4.69, 9.17) is 4.74 Å². The molecule has 174 valence electrons. The van der Waals surface area contributed by atoms with Crippen molar-refractivity contribution in [2.75, 3.05) is 19.9 Å².